The number of carbonyl (C=O) groups is 1. The molecule has 1 atom stereocenters. The molecule has 3 fully saturated rings. The van der Waals surface area contributed by atoms with Gasteiger partial charge in [0.2, 0.25) is 0 Å². The zero-order valence-corrected chi connectivity index (χ0v) is 14.7. The number of likely N-dealkylation sites (tertiary alicyclic amines) is 1. The molecule has 1 aromatic rings. The molecule has 1 unspecified atom stereocenters. The molecule has 136 valence electrons. The van der Waals surface area contributed by atoms with Gasteiger partial charge in [0.25, 0.3) is 0 Å². The van der Waals surface area contributed by atoms with Crippen molar-refractivity contribution < 1.29 is 9.53 Å². The Balaban J connectivity index is 1.26. The molecule has 1 spiro atoms. The van der Waals surface area contributed by atoms with Gasteiger partial charge in [-0.3, -0.25) is 0 Å². The molecule has 4 rings (SSSR count). The lowest BCUT2D eigenvalue weighted by Gasteiger charge is -2.39. The van der Waals surface area contributed by atoms with Crippen molar-refractivity contribution in [2.24, 2.45) is 0 Å². The van der Waals surface area contributed by atoms with E-state index < -0.39 is 0 Å². The average Bonchev–Trinajstić information content (AvgIpc) is 3.27. The lowest BCUT2D eigenvalue weighted by molar-refractivity contribution is -0.0363. The first-order chi connectivity index (χ1) is 12.2. The van der Waals surface area contributed by atoms with E-state index in [9.17, 15) is 4.79 Å². The van der Waals surface area contributed by atoms with E-state index >= 15 is 0 Å². The summed E-state index contributed by atoms with van der Waals surface area (Å²) in [5.41, 5.74) is -0.0728. The number of aromatic nitrogens is 1. The van der Waals surface area contributed by atoms with Gasteiger partial charge < -0.3 is 20.3 Å². The third kappa shape index (κ3) is 3.89. The molecule has 1 aliphatic carbocycles. The molecule has 25 heavy (non-hydrogen) atoms. The fraction of sp³-hybridized carbons (Fsp3) is 0.684. The van der Waals surface area contributed by atoms with E-state index in [-0.39, 0.29) is 11.6 Å². The summed E-state index contributed by atoms with van der Waals surface area (Å²) in [4.78, 5) is 18.7. The molecule has 2 N–H and O–H groups in total. The zero-order chi connectivity index (χ0) is 17.1. The van der Waals surface area contributed by atoms with Crippen LogP contribution in [0.5, 0.6) is 0 Å². The topological polar surface area (TPSA) is 66.5 Å². The van der Waals surface area contributed by atoms with Crippen LogP contribution >= 0.6 is 0 Å². The molecule has 1 aromatic heterocycles. The highest BCUT2D eigenvalue weighted by molar-refractivity contribution is 5.74. The molecule has 2 aliphatic heterocycles. The molecule has 2 amide bonds. The average molecular weight is 344 g/mol. The molecule has 0 radical (unpaired) electrons. The largest absolute Gasteiger partial charge is 0.373 e. The van der Waals surface area contributed by atoms with E-state index in [1.165, 1.54) is 12.8 Å². The Morgan fingerprint density at radius 3 is 2.72 bits per heavy atom. The summed E-state index contributed by atoms with van der Waals surface area (Å²) in [5.74, 6) is 0.904. The van der Waals surface area contributed by atoms with E-state index in [0.717, 1.165) is 51.0 Å². The van der Waals surface area contributed by atoms with E-state index in [1.807, 2.05) is 23.1 Å². The summed E-state index contributed by atoms with van der Waals surface area (Å²) >= 11 is 0. The van der Waals surface area contributed by atoms with Gasteiger partial charge in [0.05, 0.1) is 18.2 Å². The molecule has 2 saturated heterocycles. The number of hydrogen-bond donors (Lipinski definition) is 2. The zero-order valence-electron chi connectivity index (χ0n) is 14.7. The van der Waals surface area contributed by atoms with Crippen LogP contribution in [0.1, 0.15) is 44.9 Å². The van der Waals surface area contributed by atoms with Crippen molar-refractivity contribution in [2.45, 2.75) is 62.6 Å². The Labute approximate surface area is 149 Å². The summed E-state index contributed by atoms with van der Waals surface area (Å²) < 4.78 is 6.18. The summed E-state index contributed by atoms with van der Waals surface area (Å²) in [6.45, 7) is 2.29. The van der Waals surface area contributed by atoms with Crippen molar-refractivity contribution in [3.05, 3.63) is 24.4 Å². The Morgan fingerprint density at radius 1 is 1.20 bits per heavy atom. The van der Waals surface area contributed by atoms with Gasteiger partial charge in [0.1, 0.15) is 5.82 Å². The summed E-state index contributed by atoms with van der Waals surface area (Å²) in [7, 11) is 0. The lowest BCUT2D eigenvalue weighted by Crippen LogP contribution is -2.51. The van der Waals surface area contributed by atoms with Crippen molar-refractivity contribution in [3.8, 4) is 0 Å². The van der Waals surface area contributed by atoms with E-state index in [0.29, 0.717) is 18.7 Å². The fourth-order valence-corrected chi connectivity index (χ4v) is 4.40. The van der Waals surface area contributed by atoms with Gasteiger partial charge in [0.15, 0.2) is 0 Å². The van der Waals surface area contributed by atoms with Gasteiger partial charge in [-0.2, -0.15) is 0 Å². The van der Waals surface area contributed by atoms with Crippen LogP contribution in [0.4, 0.5) is 10.6 Å². The number of pyridine rings is 1. The molecule has 3 heterocycles. The number of nitrogens with zero attached hydrogens (tertiary/aromatic N) is 2. The minimum atomic E-state index is -0.0728. The van der Waals surface area contributed by atoms with E-state index in [1.54, 1.807) is 6.20 Å². The number of hydrogen-bond acceptors (Lipinski definition) is 4. The number of rotatable bonds is 3. The number of urea groups is 1. The first-order valence-electron chi connectivity index (χ1n) is 9.59. The molecule has 1 saturated carbocycles. The second kappa shape index (κ2) is 7.20. The smallest absolute Gasteiger partial charge is 0.317 e. The maximum Gasteiger partial charge on any atom is 0.317 e. The molecule has 0 bridgehead atoms. The van der Waals surface area contributed by atoms with Crippen molar-refractivity contribution in [1.29, 1.82) is 0 Å². The van der Waals surface area contributed by atoms with E-state index in [4.69, 9.17) is 4.74 Å². The van der Waals surface area contributed by atoms with Crippen LogP contribution in [0.3, 0.4) is 0 Å². The number of anilines is 1. The van der Waals surface area contributed by atoms with Crippen molar-refractivity contribution in [3.63, 3.8) is 0 Å². The molecule has 6 heteroatoms. The Hall–Kier alpha value is -1.82. The van der Waals surface area contributed by atoms with Gasteiger partial charge in [-0.1, -0.05) is 18.9 Å². The summed E-state index contributed by atoms with van der Waals surface area (Å²) in [6.07, 6.45) is 9.38. The predicted molar refractivity (Wildman–Crippen MR) is 96.5 cm³/mol. The standard InChI is InChI=1S/C19H28N4O2/c24-18(22-15-5-1-2-6-15)23-11-8-19(9-12-23)13-16(14-25-19)21-17-7-3-4-10-20-17/h3-4,7,10,15-16H,1-2,5-6,8-9,11-14H2,(H,20,21)(H,22,24). The molecule has 6 nitrogen and oxygen atoms in total. The van der Waals surface area contributed by atoms with Crippen molar-refractivity contribution in [2.75, 3.05) is 25.0 Å². The van der Waals surface area contributed by atoms with Crippen LogP contribution < -0.4 is 10.6 Å². The highest BCUT2D eigenvalue weighted by atomic mass is 16.5. The maximum atomic E-state index is 12.4. The highest BCUT2D eigenvalue weighted by Gasteiger charge is 2.43. The number of carbonyl (C=O) groups excluding carboxylic acids is 1. The predicted octanol–water partition coefficient (Wildman–Crippen LogP) is 2.77. The quantitative estimate of drug-likeness (QED) is 0.885. The minimum Gasteiger partial charge on any atom is -0.373 e. The van der Waals surface area contributed by atoms with Crippen LogP contribution in [0.15, 0.2) is 24.4 Å². The van der Waals surface area contributed by atoms with Gasteiger partial charge in [-0.15, -0.1) is 0 Å². The fourth-order valence-electron chi connectivity index (χ4n) is 4.40. The van der Waals surface area contributed by atoms with E-state index in [2.05, 4.69) is 15.6 Å². The van der Waals surface area contributed by atoms with Gasteiger partial charge >= 0.3 is 6.03 Å². The Kier molecular flexibility index (Phi) is 4.79. The molecule has 3 aliphatic rings. The summed E-state index contributed by atoms with van der Waals surface area (Å²) in [5, 5.41) is 6.66. The highest BCUT2D eigenvalue weighted by Crippen LogP contribution is 2.36. The minimum absolute atomic E-state index is 0.0728. The maximum absolute atomic E-state index is 12.4. The van der Waals surface area contributed by atoms with Crippen LogP contribution in [-0.2, 0) is 4.74 Å². The SMILES string of the molecule is O=C(NC1CCCC1)N1CCC2(CC1)CC(Nc1ccccn1)CO2. The summed E-state index contributed by atoms with van der Waals surface area (Å²) in [6, 6.07) is 6.70. The van der Waals surface area contributed by atoms with Gasteiger partial charge in [-0.05, 0) is 44.2 Å². The van der Waals surface area contributed by atoms with Crippen LogP contribution in [0.2, 0.25) is 0 Å². The first-order valence-corrected chi connectivity index (χ1v) is 9.59. The van der Waals surface area contributed by atoms with Gasteiger partial charge in [-0.25, -0.2) is 9.78 Å². The Morgan fingerprint density at radius 2 is 2.00 bits per heavy atom. The van der Waals surface area contributed by atoms with Crippen LogP contribution in [-0.4, -0.2) is 53.3 Å². The monoisotopic (exact) mass is 344 g/mol. The third-order valence-corrected chi connectivity index (χ3v) is 5.87. The van der Waals surface area contributed by atoms with Crippen molar-refractivity contribution >= 4 is 11.8 Å². The molecule has 0 aromatic carbocycles. The number of ether oxygens (including phenoxy) is 1. The first kappa shape index (κ1) is 16.6. The third-order valence-electron chi connectivity index (χ3n) is 5.87. The molecular formula is C19H28N4O2. The second-order valence-corrected chi connectivity index (χ2v) is 7.67. The number of amides is 2. The van der Waals surface area contributed by atoms with Crippen LogP contribution in [0.25, 0.3) is 0 Å². The molecular weight excluding hydrogens is 316 g/mol. The second-order valence-electron chi connectivity index (χ2n) is 7.67. The normalized spacial score (nSPS) is 26.1. The van der Waals surface area contributed by atoms with Gasteiger partial charge in [0, 0.05) is 25.3 Å². The number of nitrogens with one attached hydrogen (secondary N) is 2. The number of piperidine rings is 1. The Bertz CT molecular complexity index is 580. The lowest BCUT2D eigenvalue weighted by atomic mass is 9.87. The van der Waals surface area contributed by atoms with Crippen LogP contribution in [0, 0.1) is 0 Å². The van der Waals surface area contributed by atoms with Crippen molar-refractivity contribution in [1.82, 2.24) is 15.2 Å².